The van der Waals surface area contributed by atoms with Gasteiger partial charge >= 0.3 is 18.9 Å². The number of rotatable bonds is 9. The standard InChI is InChI=1S/C19H21Cl2O2P.Li/c1-2-3-4-5-13-23-14-9-11-15(12-10-14)24-19(22)18-16(20)7-6-8-17(18)21;/h6-12,24H,2-5,13H2,1H3;/q;+1. The van der Waals surface area contributed by atoms with Crippen molar-refractivity contribution in [2.75, 3.05) is 6.61 Å². The van der Waals surface area contributed by atoms with Gasteiger partial charge in [-0.15, -0.1) is 0 Å². The van der Waals surface area contributed by atoms with Gasteiger partial charge in [0.2, 0.25) is 0 Å². The normalized spacial score (nSPS) is 10.7. The maximum Gasteiger partial charge on any atom is 1.00 e. The molecular formula is C19H21Cl2LiO2P+. The number of benzene rings is 2. The Morgan fingerprint density at radius 2 is 1.64 bits per heavy atom. The summed E-state index contributed by atoms with van der Waals surface area (Å²) in [5.41, 5.74) is 0.342. The maximum atomic E-state index is 12.4. The van der Waals surface area contributed by atoms with E-state index in [4.69, 9.17) is 27.9 Å². The van der Waals surface area contributed by atoms with Gasteiger partial charge in [-0.25, -0.2) is 0 Å². The van der Waals surface area contributed by atoms with E-state index in [1.54, 1.807) is 18.2 Å². The van der Waals surface area contributed by atoms with Crippen LogP contribution in [0.1, 0.15) is 43.0 Å². The van der Waals surface area contributed by atoms with Crippen LogP contribution in [0.2, 0.25) is 10.0 Å². The van der Waals surface area contributed by atoms with Gasteiger partial charge in [-0.3, -0.25) is 4.79 Å². The Morgan fingerprint density at radius 1 is 1.00 bits per heavy atom. The largest absolute Gasteiger partial charge is 1.00 e. The van der Waals surface area contributed by atoms with Crippen molar-refractivity contribution in [3.63, 3.8) is 0 Å². The number of hydrogen-bond acceptors (Lipinski definition) is 2. The number of halogens is 2. The fourth-order valence-electron chi connectivity index (χ4n) is 2.26. The van der Waals surface area contributed by atoms with E-state index < -0.39 is 0 Å². The second kappa shape index (κ2) is 12.0. The van der Waals surface area contributed by atoms with Crippen LogP contribution in [0.15, 0.2) is 42.5 Å². The van der Waals surface area contributed by atoms with Crippen LogP contribution in [0, 0.1) is 0 Å². The monoisotopic (exact) mass is 389 g/mol. The van der Waals surface area contributed by atoms with Gasteiger partial charge in [0.15, 0.2) is 5.52 Å². The van der Waals surface area contributed by atoms with Crippen molar-refractivity contribution in [1.29, 1.82) is 0 Å². The average molecular weight is 390 g/mol. The van der Waals surface area contributed by atoms with Crippen molar-refractivity contribution in [3.05, 3.63) is 58.1 Å². The van der Waals surface area contributed by atoms with Gasteiger partial charge in [0.25, 0.3) is 0 Å². The van der Waals surface area contributed by atoms with Crippen LogP contribution >= 0.6 is 31.8 Å². The average Bonchev–Trinajstić information content (AvgIpc) is 2.56. The summed E-state index contributed by atoms with van der Waals surface area (Å²) in [7, 11) is -0.0163. The van der Waals surface area contributed by atoms with Gasteiger partial charge in [0.05, 0.1) is 22.2 Å². The summed E-state index contributed by atoms with van der Waals surface area (Å²) >= 11 is 12.2. The van der Waals surface area contributed by atoms with Crippen molar-refractivity contribution in [1.82, 2.24) is 0 Å². The summed E-state index contributed by atoms with van der Waals surface area (Å²) in [5, 5.41) is 1.73. The van der Waals surface area contributed by atoms with E-state index in [1.165, 1.54) is 19.3 Å². The van der Waals surface area contributed by atoms with Gasteiger partial charge in [-0.1, -0.05) is 67.6 Å². The molecular weight excluding hydrogens is 369 g/mol. The SMILES string of the molecule is CCCCCCOc1ccc(PC(=O)c2c(Cl)cccc2Cl)cc1.[Li+]. The van der Waals surface area contributed by atoms with Gasteiger partial charge < -0.3 is 4.74 Å². The summed E-state index contributed by atoms with van der Waals surface area (Å²) in [4.78, 5) is 12.4. The first-order valence-corrected chi connectivity index (χ1v) is 9.85. The molecule has 2 aromatic carbocycles. The van der Waals surface area contributed by atoms with Crippen molar-refractivity contribution >= 4 is 42.6 Å². The van der Waals surface area contributed by atoms with Crippen LogP contribution in [0.3, 0.4) is 0 Å². The Bertz CT molecular complexity index is 657. The molecule has 0 amide bonds. The summed E-state index contributed by atoms with van der Waals surface area (Å²) in [5.74, 6) is 0.836. The second-order valence-electron chi connectivity index (χ2n) is 5.48. The zero-order chi connectivity index (χ0) is 17.4. The van der Waals surface area contributed by atoms with E-state index in [0.29, 0.717) is 15.6 Å². The maximum absolute atomic E-state index is 12.4. The molecule has 2 aromatic rings. The van der Waals surface area contributed by atoms with E-state index in [-0.39, 0.29) is 33.0 Å². The molecule has 0 saturated heterocycles. The molecule has 0 heterocycles. The fourth-order valence-corrected chi connectivity index (χ4v) is 3.98. The fraction of sp³-hybridized carbons (Fsp3) is 0.316. The number of unbranched alkanes of at least 4 members (excludes halogenated alkanes) is 3. The molecule has 2 nitrogen and oxygen atoms in total. The van der Waals surface area contributed by atoms with Gasteiger partial charge in [-0.2, -0.15) is 0 Å². The minimum absolute atomic E-state index is 0. The van der Waals surface area contributed by atoms with E-state index >= 15 is 0 Å². The summed E-state index contributed by atoms with van der Waals surface area (Å²) in [6, 6.07) is 12.7. The second-order valence-corrected chi connectivity index (χ2v) is 7.58. The Kier molecular flexibility index (Phi) is 10.8. The molecule has 2 rings (SSSR count). The third kappa shape index (κ3) is 7.34. The minimum atomic E-state index is -0.0566. The zero-order valence-corrected chi connectivity index (χ0v) is 17.2. The van der Waals surface area contributed by atoms with Gasteiger partial charge in [-0.05, 0) is 44.6 Å². The predicted octanol–water partition coefficient (Wildman–Crippen LogP) is 3.10. The van der Waals surface area contributed by atoms with E-state index in [0.717, 1.165) is 24.1 Å². The summed E-state index contributed by atoms with van der Waals surface area (Å²) < 4.78 is 5.71. The smallest absolute Gasteiger partial charge is 0.494 e. The Morgan fingerprint density at radius 3 is 2.24 bits per heavy atom. The molecule has 1 unspecified atom stereocenters. The third-order valence-corrected chi connectivity index (χ3v) is 5.30. The molecule has 0 spiro atoms. The van der Waals surface area contributed by atoms with E-state index in [2.05, 4.69) is 6.92 Å². The van der Waals surface area contributed by atoms with Crippen molar-refractivity contribution < 1.29 is 28.4 Å². The van der Waals surface area contributed by atoms with Crippen molar-refractivity contribution in [3.8, 4) is 5.75 Å². The molecule has 0 fully saturated rings. The Labute approximate surface area is 173 Å². The molecule has 128 valence electrons. The van der Waals surface area contributed by atoms with Crippen LogP contribution < -0.4 is 28.9 Å². The topological polar surface area (TPSA) is 26.3 Å². The molecule has 0 N–H and O–H groups in total. The zero-order valence-electron chi connectivity index (χ0n) is 14.6. The molecule has 6 heteroatoms. The van der Waals surface area contributed by atoms with Crippen molar-refractivity contribution in [2.24, 2.45) is 0 Å². The minimum Gasteiger partial charge on any atom is -0.494 e. The summed E-state index contributed by atoms with van der Waals surface area (Å²) in [6.07, 6.45) is 4.74. The van der Waals surface area contributed by atoms with Crippen LogP contribution in [0.5, 0.6) is 5.75 Å². The van der Waals surface area contributed by atoms with E-state index in [9.17, 15) is 4.79 Å². The molecule has 0 saturated carbocycles. The number of ether oxygens (including phenoxy) is 1. The predicted molar refractivity (Wildman–Crippen MR) is 105 cm³/mol. The quantitative estimate of drug-likeness (QED) is 0.374. The summed E-state index contributed by atoms with van der Waals surface area (Å²) in [6.45, 7) is 2.92. The molecule has 0 bridgehead atoms. The van der Waals surface area contributed by atoms with E-state index in [1.807, 2.05) is 24.3 Å². The van der Waals surface area contributed by atoms with Crippen LogP contribution in [0.4, 0.5) is 0 Å². The molecule has 0 aromatic heterocycles. The number of carbonyl (C=O) groups excluding carboxylic acids is 1. The molecule has 0 radical (unpaired) electrons. The number of carbonyl (C=O) groups is 1. The molecule has 0 aliphatic carbocycles. The molecule has 1 atom stereocenters. The van der Waals surface area contributed by atoms with Gasteiger partial charge in [0, 0.05) is 0 Å². The first kappa shape index (κ1) is 22.6. The number of hydrogen-bond donors (Lipinski definition) is 0. The van der Waals surface area contributed by atoms with Crippen LogP contribution in [-0.4, -0.2) is 12.1 Å². The third-order valence-electron chi connectivity index (χ3n) is 3.57. The molecule has 0 aliphatic rings. The van der Waals surface area contributed by atoms with Crippen LogP contribution in [-0.2, 0) is 0 Å². The Balaban J connectivity index is 0.00000312. The van der Waals surface area contributed by atoms with Crippen LogP contribution in [0.25, 0.3) is 0 Å². The Hall–Kier alpha value is -0.483. The first-order valence-electron chi connectivity index (χ1n) is 8.10. The van der Waals surface area contributed by atoms with Gasteiger partial charge in [0.1, 0.15) is 5.75 Å². The van der Waals surface area contributed by atoms with Crippen molar-refractivity contribution in [2.45, 2.75) is 32.6 Å². The first-order chi connectivity index (χ1) is 11.6. The molecule has 0 aliphatic heterocycles. The molecule has 25 heavy (non-hydrogen) atoms.